The van der Waals surface area contributed by atoms with Gasteiger partial charge in [0.2, 0.25) is 5.91 Å². The number of carbonyl (C=O) groups is 1. The van der Waals surface area contributed by atoms with E-state index in [1.807, 2.05) is 0 Å². The van der Waals surface area contributed by atoms with Gasteiger partial charge in [-0.15, -0.1) is 0 Å². The van der Waals surface area contributed by atoms with Crippen LogP contribution in [0, 0.1) is 0 Å². The van der Waals surface area contributed by atoms with Gasteiger partial charge in [0, 0.05) is 44.4 Å². The Morgan fingerprint density at radius 3 is 2.96 bits per heavy atom. The standard InChI is InChI=1S/C19H29N3O3/c23-18(6-5-17-15-3-1-2-4-16(15)21-22-17)20-14-7-10-25-19(13-14)8-11-24-12-9-19/h14H,1-13H2,(H,20,23)(H,21,22)/t14-/m0/s1. The molecular weight excluding hydrogens is 318 g/mol. The Hall–Kier alpha value is -1.40. The molecule has 0 saturated carbocycles. The second-order valence-electron chi connectivity index (χ2n) is 7.74. The highest BCUT2D eigenvalue weighted by Gasteiger charge is 2.39. The molecule has 6 nitrogen and oxygen atoms in total. The number of ether oxygens (including phenoxy) is 2. The summed E-state index contributed by atoms with van der Waals surface area (Å²) in [7, 11) is 0. The zero-order chi connectivity index (χ0) is 17.1. The number of amides is 1. The predicted molar refractivity (Wildman–Crippen MR) is 93.5 cm³/mol. The summed E-state index contributed by atoms with van der Waals surface area (Å²) in [6.45, 7) is 2.27. The number of hydrogen-bond donors (Lipinski definition) is 2. The maximum atomic E-state index is 12.4. The predicted octanol–water partition coefficient (Wildman–Crippen LogP) is 2.07. The monoisotopic (exact) mass is 347 g/mol. The summed E-state index contributed by atoms with van der Waals surface area (Å²) in [6.07, 6.45) is 9.65. The van der Waals surface area contributed by atoms with Gasteiger partial charge in [-0.05, 0) is 56.9 Å². The zero-order valence-electron chi connectivity index (χ0n) is 14.9. The van der Waals surface area contributed by atoms with E-state index in [1.54, 1.807) is 0 Å². The molecule has 2 fully saturated rings. The number of aromatic amines is 1. The first-order valence-corrected chi connectivity index (χ1v) is 9.80. The molecule has 2 aliphatic heterocycles. The molecule has 2 N–H and O–H groups in total. The van der Waals surface area contributed by atoms with Crippen LogP contribution in [0.25, 0.3) is 0 Å². The second-order valence-corrected chi connectivity index (χ2v) is 7.74. The van der Waals surface area contributed by atoms with Crippen LogP contribution in [0.3, 0.4) is 0 Å². The smallest absolute Gasteiger partial charge is 0.220 e. The lowest BCUT2D eigenvalue weighted by atomic mass is 9.84. The summed E-state index contributed by atoms with van der Waals surface area (Å²) in [4.78, 5) is 12.4. The lowest BCUT2D eigenvalue weighted by molar-refractivity contribution is -0.144. The van der Waals surface area contributed by atoms with Crippen LogP contribution in [0.15, 0.2) is 0 Å². The molecule has 25 heavy (non-hydrogen) atoms. The van der Waals surface area contributed by atoms with Crippen molar-refractivity contribution in [1.29, 1.82) is 0 Å². The number of nitrogens with zero attached hydrogens (tertiary/aromatic N) is 1. The molecule has 3 heterocycles. The van der Waals surface area contributed by atoms with Crippen LogP contribution in [0.2, 0.25) is 0 Å². The van der Waals surface area contributed by atoms with E-state index in [2.05, 4.69) is 15.5 Å². The third-order valence-corrected chi connectivity index (χ3v) is 5.99. The number of H-pyrrole nitrogens is 1. The lowest BCUT2D eigenvalue weighted by Crippen LogP contribution is -2.51. The van der Waals surface area contributed by atoms with Gasteiger partial charge < -0.3 is 14.8 Å². The number of hydrogen-bond acceptors (Lipinski definition) is 4. The minimum Gasteiger partial charge on any atom is -0.381 e. The molecule has 3 aliphatic rings. The van der Waals surface area contributed by atoms with Crippen molar-refractivity contribution < 1.29 is 14.3 Å². The summed E-state index contributed by atoms with van der Waals surface area (Å²) in [6, 6.07) is 0.229. The van der Waals surface area contributed by atoms with Crippen molar-refractivity contribution in [3.63, 3.8) is 0 Å². The fourth-order valence-electron chi connectivity index (χ4n) is 4.53. The van der Waals surface area contributed by atoms with E-state index in [1.165, 1.54) is 24.1 Å². The highest BCUT2D eigenvalue weighted by atomic mass is 16.5. The Morgan fingerprint density at radius 1 is 1.24 bits per heavy atom. The quantitative estimate of drug-likeness (QED) is 0.874. The molecule has 138 valence electrons. The Kier molecular flexibility index (Phi) is 5.08. The largest absolute Gasteiger partial charge is 0.381 e. The molecular formula is C19H29N3O3. The fourth-order valence-corrected chi connectivity index (χ4v) is 4.53. The van der Waals surface area contributed by atoms with Crippen LogP contribution in [0.4, 0.5) is 0 Å². The summed E-state index contributed by atoms with van der Waals surface area (Å²) < 4.78 is 11.5. The maximum Gasteiger partial charge on any atom is 0.220 e. The minimum absolute atomic E-state index is 0.0737. The first-order chi connectivity index (χ1) is 12.2. The average Bonchev–Trinajstić information content (AvgIpc) is 3.04. The molecule has 4 rings (SSSR count). The Labute approximate surface area is 149 Å². The molecule has 0 radical (unpaired) electrons. The fraction of sp³-hybridized carbons (Fsp3) is 0.789. The van der Waals surface area contributed by atoms with E-state index in [-0.39, 0.29) is 17.6 Å². The van der Waals surface area contributed by atoms with E-state index in [0.29, 0.717) is 6.42 Å². The third kappa shape index (κ3) is 3.90. The molecule has 2 saturated heterocycles. The maximum absolute atomic E-state index is 12.4. The molecule has 0 aromatic carbocycles. The molecule has 6 heteroatoms. The molecule has 0 bridgehead atoms. The van der Waals surface area contributed by atoms with Gasteiger partial charge in [-0.2, -0.15) is 5.10 Å². The zero-order valence-corrected chi connectivity index (χ0v) is 14.9. The first kappa shape index (κ1) is 17.0. The van der Waals surface area contributed by atoms with E-state index < -0.39 is 0 Å². The van der Waals surface area contributed by atoms with Crippen molar-refractivity contribution in [2.75, 3.05) is 19.8 Å². The Balaban J connectivity index is 1.28. The van der Waals surface area contributed by atoms with Crippen LogP contribution in [0.1, 0.15) is 61.9 Å². The third-order valence-electron chi connectivity index (χ3n) is 5.99. The van der Waals surface area contributed by atoms with Crippen LogP contribution >= 0.6 is 0 Å². The lowest BCUT2D eigenvalue weighted by Gasteiger charge is -2.43. The number of rotatable bonds is 4. The van der Waals surface area contributed by atoms with Crippen molar-refractivity contribution in [3.8, 4) is 0 Å². The Morgan fingerprint density at radius 2 is 2.08 bits per heavy atom. The average molecular weight is 347 g/mol. The van der Waals surface area contributed by atoms with Gasteiger partial charge in [0.05, 0.1) is 11.3 Å². The molecule has 1 spiro atoms. The van der Waals surface area contributed by atoms with Crippen LogP contribution < -0.4 is 5.32 Å². The highest BCUT2D eigenvalue weighted by molar-refractivity contribution is 5.76. The van der Waals surface area contributed by atoms with Gasteiger partial charge in [0.25, 0.3) is 0 Å². The number of aromatic nitrogens is 2. The van der Waals surface area contributed by atoms with Crippen LogP contribution in [-0.2, 0) is 33.5 Å². The number of aryl methyl sites for hydroxylation is 2. The summed E-state index contributed by atoms with van der Waals surface area (Å²) in [5, 5.41) is 10.8. The van der Waals surface area contributed by atoms with Crippen molar-refractivity contribution in [2.45, 2.75) is 75.9 Å². The molecule has 1 aromatic rings. The van der Waals surface area contributed by atoms with Crippen LogP contribution in [-0.4, -0.2) is 47.6 Å². The Bertz CT molecular complexity index is 602. The van der Waals surface area contributed by atoms with E-state index in [0.717, 1.165) is 70.5 Å². The van der Waals surface area contributed by atoms with Crippen molar-refractivity contribution in [1.82, 2.24) is 15.5 Å². The summed E-state index contributed by atoms with van der Waals surface area (Å²) in [5.74, 6) is 0.140. The van der Waals surface area contributed by atoms with E-state index >= 15 is 0 Å². The van der Waals surface area contributed by atoms with Crippen molar-refractivity contribution in [2.24, 2.45) is 0 Å². The number of carbonyl (C=O) groups excluding carboxylic acids is 1. The SMILES string of the molecule is O=C(CCc1n[nH]c2c1CCCC2)N[C@H]1CCOC2(CCOCC2)C1. The minimum atomic E-state index is -0.0737. The van der Waals surface area contributed by atoms with Crippen molar-refractivity contribution >= 4 is 5.91 Å². The second kappa shape index (κ2) is 7.46. The summed E-state index contributed by atoms with van der Waals surface area (Å²) >= 11 is 0. The number of fused-ring (bicyclic) bond motifs is 1. The topological polar surface area (TPSA) is 76.2 Å². The molecule has 1 aromatic heterocycles. The van der Waals surface area contributed by atoms with E-state index in [4.69, 9.17) is 9.47 Å². The van der Waals surface area contributed by atoms with Crippen LogP contribution in [0.5, 0.6) is 0 Å². The van der Waals surface area contributed by atoms with E-state index in [9.17, 15) is 4.79 Å². The molecule has 1 aliphatic carbocycles. The van der Waals surface area contributed by atoms with Gasteiger partial charge in [-0.1, -0.05) is 0 Å². The van der Waals surface area contributed by atoms with Crippen molar-refractivity contribution in [3.05, 3.63) is 17.0 Å². The van der Waals surface area contributed by atoms with Gasteiger partial charge in [0.15, 0.2) is 0 Å². The van der Waals surface area contributed by atoms with Gasteiger partial charge in [0.1, 0.15) is 0 Å². The first-order valence-electron chi connectivity index (χ1n) is 9.80. The molecule has 1 atom stereocenters. The van der Waals surface area contributed by atoms with Gasteiger partial charge >= 0.3 is 0 Å². The molecule has 1 amide bonds. The van der Waals surface area contributed by atoms with Gasteiger partial charge in [-0.3, -0.25) is 9.89 Å². The molecule has 0 unspecified atom stereocenters. The number of nitrogens with one attached hydrogen (secondary N) is 2. The normalized spacial score (nSPS) is 25.5. The van der Waals surface area contributed by atoms with Gasteiger partial charge in [-0.25, -0.2) is 0 Å². The highest BCUT2D eigenvalue weighted by Crippen LogP contribution is 2.34. The summed E-state index contributed by atoms with van der Waals surface area (Å²) in [5.41, 5.74) is 3.67.